The number of amides is 1. The summed E-state index contributed by atoms with van der Waals surface area (Å²) in [5.74, 6) is 0.634. The lowest BCUT2D eigenvalue weighted by Crippen LogP contribution is -2.41. The molecule has 0 heterocycles. The van der Waals surface area contributed by atoms with Crippen LogP contribution in [0.15, 0.2) is 83.8 Å². The third-order valence-electron chi connectivity index (χ3n) is 4.94. The van der Waals surface area contributed by atoms with Crippen molar-refractivity contribution in [3.05, 3.63) is 89.4 Å². The minimum absolute atomic E-state index is 0.0893. The molecular formula is C25H27ClN2O4S. The average molecular weight is 487 g/mol. The van der Waals surface area contributed by atoms with Crippen molar-refractivity contribution in [1.29, 1.82) is 0 Å². The van der Waals surface area contributed by atoms with E-state index in [0.717, 1.165) is 15.6 Å². The molecule has 33 heavy (non-hydrogen) atoms. The molecule has 3 aromatic rings. The summed E-state index contributed by atoms with van der Waals surface area (Å²) in [7, 11) is -3.97. The Morgan fingerprint density at radius 2 is 1.70 bits per heavy atom. The summed E-state index contributed by atoms with van der Waals surface area (Å²) in [5, 5.41) is 3.11. The highest BCUT2D eigenvalue weighted by Crippen LogP contribution is 2.27. The van der Waals surface area contributed by atoms with Crippen LogP contribution < -0.4 is 14.4 Å². The Labute approximate surface area is 200 Å². The lowest BCUT2D eigenvalue weighted by molar-refractivity contribution is -0.119. The minimum Gasteiger partial charge on any atom is -0.491 e. The number of nitrogens with one attached hydrogen (secondary N) is 1. The first kappa shape index (κ1) is 24.6. The molecule has 0 bridgehead atoms. The third-order valence-corrected chi connectivity index (χ3v) is 6.96. The van der Waals surface area contributed by atoms with Gasteiger partial charge in [-0.3, -0.25) is 9.10 Å². The average Bonchev–Trinajstić information content (AvgIpc) is 2.81. The van der Waals surface area contributed by atoms with Gasteiger partial charge in [-0.1, -0.05) is 67.9 Å². The summed E-state index contributed by atoms with van der Waals surface area (Å²) in [6.45, 7) is 4.28. The van der Waals surface area contributed by atoms with Gasteiger partial charge in [-0.25, -0.2) is 8.42 Å². The summed E-state index contributed by atoms with van der Waals surface area (Å²) in [6.07, 6.45) is 0. The fourth-order valence-corrected chi connectivity index (χ4v) is 4.91. The van der Waals surface area contributed by atoms with E-state index in [-0.39, 0.29) is 24.6 Å². The molecule has 0 atom stereocenters. The first-order chi connectivity index (χ1) is 15.8. The number of carbonyl (C=O) groups is 1. The van der Waals surface area contributed by atoms with Crippen LogP contribution in [0.5, 0.6) is 5.75 Å². The van der Waals surface area contributed by atoms with Crippen LogP contribution in [0.2, 0.25) is 5.02 Å². The zero-order chi connectivity index (χ0) is 23.8. The minimum atomic E-state index is -3.97. The van der Waals surface area contributed by atoms with Crippen LogP contribution in [0.4, 0.5) is 5.69 Å². The summed E-state index contributed by atoms with van der Waals surface area (Å²) in [4.78, 5) is 12.8. The quantitative estimate of drug-likeness (QED) is 0.415. The Balaban J connectivity index is 1.68. The fraction of sp³-hybridized carbons (Fsp3) is 0.240. The van der Waals surface area contributed by atoms with Gasteiger partial charge >= 0.3 is 0 Å². The van der Waals surface area contributed by atoms with Crippen LogP contribution in [-0.4, -0.2) is 34.0 Å². The lowest BCUT2D eigenvalue weighted by atomic mass is 10.0. The molecular weight excluding hydrogens is 460 g/mol. The second-order valence-electron chi connectivity index (χ2n) is 7.70. The monoisotopic (exact) mass is 486 g/mol. The maximum atomic E-state index is 13.3. The van der Waals surface area contributed by atoms with Gasteiger partial charge in [0.25, 0.3) is 10.0 Å². The molecule has 0 saturated heterocycles. The number of benzene rings is 3. The zero-order valence-corrected chi connectivity index (χ0v) is 20.1. The molecule has 1 N–H and O–H groups in total. The highest BCUT2D eigenvalue weighted by Gasteiger charge is 2.27. The van der Waals surface area contributed by atoms with Crippen LogP contribution in [-0.2, 0) is 14.8 Å². The Bertz CT molecular complexity index is 1180. The standard InChI is InChI=1S/C25H27ClN2O4S/c1-19(2)23-13-6-7-14-24(23)32-16-15-27-25(29)18-28(21-10-8-9-20(26)17-21)33(30,31)22-11-4-3-5-12-22/h3-14,17,19H,15-16,18H2,1-2H3,(H,27,29). The van der Waals surface area contributed by atoms with Crippen molar-refractivity contribution in [1.82, 2.24) is 5.32 Å². The molecule has 0 aromatic heterocycles. The first-order valence-electron chi connectivity index (χ1n) is 10.6. The van der Waals surface area contributed by atoms with Gasteiger partial charge in [0, 0.05) is 5.02 Å². The largest absolute Gasteiger partial charge is 0.491 e. The normalized spacial score (nSPS) is 11.3. The molecule has 1 amide bonds. The molecule has 6 nitrogen and oxygen atoms in total. The molecule has 0 saturated carbocycles. The Hall–Kier alpha value is -3.03. The molecule has 3 rings (SSSR count). The Morgan fingerprint density at radius 1 is 1.00 bits per heavy atom. The van der Waals surface area contributed by atoms with E-state index in [2.05, 4.69) is 19.2 Å². The summed E-state index contributed by atoms with van der Waals surface area (Å²) < 4.78 is 33.4. The second kappa shape index (κ2) is 11.2. The van der Waals surface area contributed by atoms with Crippen LogP contribution in [0.25, 0.3) is 0 Å². The van der Waals surface area contributed by atoms with E-state index in [1.807, 2.05) is 24.3 Å². The van der Waals surface area contributed by atoms with Crippen LogP contribution in [0.1, 0.15) is 25.3 Å². The smallest absolute Gasteiger partial charge is 0.264 e. The molecule has 0 spiro atoms. The van der Waals surface area contributed by atoms with Crippen molar-refractivity contribution in [2.75, 3.05) is 24.0 Å². The SMILES string of the molecule is CC(C)c1ccccc1OCCNC(=O)CN(c1cccc(Cl)c1)S(=O)(=O)c1ccccc1. The van der Waals surface area contributed by atoms with Gasteiger partial charge in [0.05, 0.1) is 17.1 Å². The summed E-state index contributed by atoms with van der Waals surface area (Å²) >= 11 is 6.08. The molecule has 0 fully saturated rings. The zero-order valence-electron chi connectivity index (χ0n) is 18.6. The van der Waals surface area contributed by atoms with Crippen molar-refractivity contribution in [2.24, 2.45) is 0 Å². The summed E-state index contributed by atoms with van der Waals surface area (Å²) in [6, 6.07) is 22.1. The van der Waals surface area contributed by atoms with Gasteiger partial charge < -0.3 is 10.1 Å². The molecule has 3 aromatic carbocycles. The highest BCUT2D eigenvalue weighted by molar-refractivity contribution is 7.92. The van der Waals surface area contributed by atoms with Gasteiger partial charge in [-0.15, -0.1) is 0 Å². The van der Waals surface area contributed by atoms with E-state index in [1.54, 1.807) is 36.4 Å². The maximum Gasteiger partial charge on any atom is 0.264 e. The number of para-hydroxylation sites is 1. The highest BCUT2D eigenvalue weighted by atomic mass is 35.5. The van der Waals surface area contributed by atoms with Gasteiger partial charge in [-0.2, -0.15) is 0 Å². The van der Waals surface area contributed by atoms with E-state index >= 15 is 0 Å². The van der Waals surface area contributed by atoms with Crippen LogP contribution in [0, 0.1) is 0 Å². The number of anilines is 1. The van der Waals surface area contributed by atoms with Crippen molar-refractivity contribution in [3.63, 3.8) is 0 Å². The molecule has 174 valence electrons. The maximum absolute atomic E-state index is 13.3. The second-order valence-corrected chi connectivity index (χ2v) is 9.99. The third kappa shape index (κ3) is 6.49. The van der Waals surface area contributed by atoms with Crippen molar-refractivity contribution in [3.8, 4) is 5.75 Å². The van der Waals surface area contributed by atoms with E-state index < -0.39 is 15.9 Å². The van der Waals surface area contributed by atoms with E-state index in [0.29, 0.717) is 16.6 Å². The van der Waals surface area contributed by atoms with E-state index in [9.17, 15) is 13.2 Å². The molecule has 0 radical (unpaired) electrons. The Morgan fingerprint density at radius 3 is 2.39 bits per heavy atom. The fourth-order valence-electron chi connectivity index (χ4n) is 3.29. The Kier molecular flexibility index (Phi) is 8.36. The number of nitrogens with zero attached hydrogens (tertiary/aromatic N) is 1. The molecule has 0 unspecified atom stereocenters. The van der Waals surface area contributed by atoms with Gasteiger partial charge in [0.15, 0.2) is 0 Å². The van der Waals surface area contributed by atoms with Crippen LogP contribution >= 0.6 is 11.6 Å². The topological polar surface area (TPSA) is 75.7 Å². The number of ether oxygens (including phenoxy) is 1. The molecule has 0 aliphatic rings. The molecule has 0 aliphatic heterocycles. The van der Waals surface area contributed by atoms with Crippen LogP contribution in [0.3, 0.4) is 0 Å². The predicted molar refractivity (Wildman–Crippen MR) is 131 cm³/mol. The van der Waals surface area contributed by atoms with Gasteiger partial charge in [0.2, 0.25) is 5.91 Å². The number of carbonyl (C=O) groups excluding carboxylic acids is 1. The number of hydrogen-bond acceptors (Lipinski definition) is 4. The van der Waals surface area contributed by atoms with Crippen molar-refractivity contribution < 1.29 is 17.9 Å². The number of hydrogen-bond donors (Lipinski definition) is 1. The first-order valence-corrected chi connectivity index (χ1v) is 12.4. The molecule has 0 aliphatic carbocycles. The van der Waals surface area contributed by atoms with Gasteiger partial charge in [0.1, 0.15) is 18.9 Å². The number of rotatable bonds is 10. The number of sulfonamides is 1. The summed E-state index contributed by atoms with van der Waals surface area (Å²) in [5.41, 5.74) is 1.40. The van der Waals surface area contributed by atoms with Gasteiger partial charge in [-0.05, 0) is 47.9 Å². The number of halogens is 1. The predicted octanol–water partition coefficient (Wildman–Crippen LogP) is 4.85. The lowest BCUT2D eigenvalue weighted by Gasteiger charge is -2.24. The van der Waals surface area contributed by atoms with E-state index in [1.165, 1.54) is 18.2 Å². The van der Waals surface area contributed by atoms with E-state index in [4.69, 9.17) is 16.3 Å². The van der Waals surface area contributed by atoms with Crippen molar-refractivity contribution >= 4 is 33.2 Å². The van der Waals surface area contributed by atoms with Crippen molar-refractivity contribution in [2.45, 2.75) is 24.7 Å². The molecule has 8 heteroatoms.